The zero-order valence-corrected chi connectivity index (χ0v) is 12.4. The Morgan fingerprint density at radius 1 is 1.25 bits per heavy atom. The van der Waals surface area contributed by atoms with Crippen LogP contribution in [0.5, 0.6) is 0 Å². The minimum Gasteiger partial charge on any atom is -0.477 e. The zero-order valence-electron chi connectivity index (χ0n) is 12.4. The average molecular weight is 327 g/mol. The molecule has 24 heavy (non-hydrogen) atoms. The molecule has 0 unspecified atom stereocenters. The highest BCUT2D eigenvalue weighted by atomic mass is 16.4. The first kappa shape index (κ1) is 15.4. The van der Waals surface area contributed by atoms with Gasteiger partial charge in [0, 0.05) is 18.8 Å². The molecule has 0 atom stereocenters. The first-order valence-electron chi connectivity index (χ1n) is 7.05. The molecule has 0 spiro atoms. The molecule has 0 aromatic carbocycles. The number of amides is 1. The zero-order chi connectivity index (χ0) is 16.9. The molecular formula is C15H13N5O4. The van der Waals surface area contributed by atoms with Crippen LogP contribution in [0.2, 0.25) is 0 Å². The molecule has 0 aliphatic heterocycles. The minimum atomic E-state index is -1.10. The molecule has 2 N–H and O–H groups in total. The predicted octanol–water partition coefficient (Wildman–Crippen LogP) is 1.66. The fourth-order valence-corrected chi connectivity index (χ4v) is 2.07. The number of furan rings is 1. The third kappa shape index (κ3) is 3.46. The second-order valence-electron chi connectivity index (χ2n) is 4.79. The van der Waals surface area contributed by atoms with Crippen molar-refractivity contribution in [3.63, 3.8) is 0 Å². The monoisotopic (exact) mass is 327 g/mol. The summed E-state index contributed by atoms with van der Waals surface area (Å²) >= 11 is 0. The maximum absolute atomic E-state index is 12.0. The van der Waals surface area contributed by atoms with Crippen LogP contribution in [0.1, 0.15) is 16.9 Å². The number of hydrogen-bond acceptors (Lipinski definition) is 6. The van der Waals surface area contributed by atoms with Crippen LogP contribution in [0, 0.1) is 0 Å². The first-order chi connectivity index (χ1) is 11.6. The molecule has 0 fully saturated rings. The predicted molar refractivity (Wildman–Crippen MR) is 82.2 cm³/mol. The van der Waals surface area contributed by atoms with E-state index in [1.165, 1.54) is 29.4 Å². The third-order valence-electron chi connectivity index (χ3n) is 3.17. The second-order valence-corrected chi connectivity index (χ2v) is 4.79. The Kier molecular flexibility index (Phi) is 4.32. The number of carbonyl (C=O) groups excluding carboxylic acids is 1. The van der Waals surface area contributed by atoms with Crippen molar-refractivity contribution in [3.8, 4) is 11.5 Å². The number of aromatic nitrogens is 4. The van der Waals surface area contributed by atoms with Gasteiger partial charge in [-0.25, -0.2) is 14.8 Å². The summed E-state index contributed by atoms with van der Waals surface area (Å²) in [6.07, 6.45) is 4.45. The molecule has 0 aliphatic carbocycles. The van der Waals surface area contributed by atoms with Crippen LogP contribution in [-0.4, -0.2) is 36.7 Å². The first-order valence-corrected chi connectivity index (χ1v) is 7.05. The number of nitrogens with one attached hydrogen (secondary N) is 1. The standard InChI is InChI=1S/C15H13N5O4/c21-13(5-8-20-11(14(22)23)4-7-17-20)19-15-16-6-3-10(18-15)12-2-1-9-24-12/h1-4,6-7,9H,5,8H2,(H,22,23)(H,16,18,19,21). The molecule has 3 rings (SSSR count). The van der Waals surface area contributed by atoms with Crippen LogP contribution in [-0.2, 0) is 11.3 Å². The van der Waals surface area contributed by atoms with E-state index in [0.717, 1.165) is 0 Å². The molecule has 0 aliphatic rings. The molecule has 0 saturated heterocycles. The highest BCUT2D eigenvalue weighted by Gasteiger charge is 2.12. The Bertz CT molecular complexity index is 856. The summed E-state index contributed by atoms with van der Waals surface area (Å²) in [6, 6.07) is 6.52. The van der Waals surface area contributed by atoms with E-state index >= 15 is 0 Å². The van der Waals surface area contributed by atoms with Crippen LogP contribution in [0.4, 0.5) is 5.95 Å². The number of rotatable bonds is 6. The summed E-state index contributed by atoms with van der Waals surface area (Å²) < 4.78 is 6.49. The Balaban J connectivity index is 1.62. The van der Waals surface area contributed by atoms with Crippen LogP contribution < -0.4 is 5.32 Å². The Morgan fingerprint density at radius 2 is 2.12 bits per heavy atom. The van der Waals surface area contributed by atoms with Crippen LogP contribution in [0.3, 0.4) is 0 Å². The smallest absolute Gasteiger partial charge is 0.354 e. The van der Waals surface area contributed by atoms with Gasteiger partial charge in [0.1, 0.15) is 11.4 Å². The van der Waals surface area contributed by atoms with Gasteiger partial charge >= 0.3 is 5.97 Å². The fraction of sp³-hybridized carbons (Fsp3) is 0.133. The molecule has 122 valence electrons. The van der Waals surface area contributed by atoms with E-state index in [0.29, 0.717) is 11.5 Å². The van der Waals surface area contributed by atoms with Gasteiger partial charge in [-0.2, -0.15) is 5.10 Å². The van der Waals surface area contributed by atoms with Crippen molar-refractivity contribution in [2.75, 3.05) is 5.32 Å². The number of carboxylic acids is 1. The van der Waals surface area contributed by atoms with Crippen molar-refractivity contribution in [2.45, 2.75) is 13.0 Å². The van der Waals surface area contributed by atoms with Gasteiger partial charge in [-0.15, -0.1) is 0 Å². The summed E-state index contributed by atoms with van der Waals surface area (Å²) in [5.41, 5.74) is 0.574. The van der Waals surface area contributed by atoms with Gasteiger partial charge in [0.05, 0.1) is 12.8 Å². The Hall–Kier alpha value is -3.49. The Morgan fingerprint density at radius 3 is 2.88 bits per heavy atom. The maximum atomic E-state index is 12.0. The van der Waals surface area contributed by atoms with E-state index in [2.05, 4.69) is 20.4 Å². The number of anilines is 1. The highest BCUT2D eigenvalue weighted by Crippen LogP contribution is 2.17. The molecule has 3 aromatic rings. The van der Waals surface area contributed by atoms with E-state index < -0.39 is 5.97 Å². The molecule has 0 bridgehead atoms. The lowest BCUT2D eigenvalue weighted by Gasteiger charge is -2.06. The van der Waals surface area contributed by atoms with Crippen LogP contribution >= 0.6 is 0 Å². The van der Waals surface area contributed by atoms with Crippen molar-refractivity contribution in [2.24, 2.45) is 0 Å². The largest absolute Gasteiger partial charge is 0.477 e. The molecule has 3 aromatic heterocycles. The molecule has 9 nitrogen and oxygen atoms in total. The number of hydrogen-bond donors (Lipinski definition) is 2. The molecule has 9 heteroatoms. The Labute approximate surface area is 136 Å². The van der Waals surface area contributed by atoms with Gasteiger partial charge in [0.25, 0.3) is 0 Å². The quantitative estimate of drug-likeness (QED) is 0.705. The van der Waals surface area contributed by atoms with E-state index in [4.69, 9.17) is 9.52 Å². The molecule has 3 heterocycles. The molecule has 0 radical (unpaired) electrons. The lowest BCUT2D eigenvalue weighted by atomic mass is 10.3. The molecule has 0 saturated carbocycles. The van der Waals surface area contributed by atoms with Crippen LogP contribution in [0.15, 0.2) is 47.3 Å². The van der Waals surface area contributed by atoms with Crippen LogP contribution in [0.25, 0.3) is 11.5 Å². The fourth-order valence-electron chi connectivity index (χ4n) is 2.07. The SMILES string of the molecule is O=C(CCn1nccc1C(=O)O)Nc1nccc(-c2ccco2)n1. The topological polar surface area (TPSA) is 123 Å². The number of carbonyl (C=O) groups is 2. The van der Waals surface area contributed by atoms with E-state index in [1.54, 1.807) is 18.2 Å². The van der Waals surface area contributed by atoms with Gasteiger partial charge in [-0.3, -0.25) is 14.8 Å². The van der Waals surface area contributed by atoms with Gasteiger partial charge in [0.2, 0.25) is 11.9 Å². The summed E-state index contributed by atoms with van der Waals surface area (Å²) in [7, 11) is 0. The molecule has 1 amide bonds. The van der Waals surface area contributed by atoms with Crippen molar-refractivity contribution in [3.05, 3.63) is 48.6 Å². The summed E-state index contributed by atoms with van der Waals surface area (Å²) in [5, 5.41) is 15.4. The second kappa shape index (κ2) is 6.73. The number of aromatic carboxylic acids is 1. The lowest BCUT2D eigenvalue weighted by molar-refractivity contribution is -0.116. The van der Waals surface area contributed by atoms with E-state index in [1.807, 2.05) is 0 Å². The maximum Gasteiger partial charge on any atom is 0.354 e. The average Bonchev–Trinajstić information content (AvgIpc) is 3.24. The van der Waals surface area contributed by atoms with E-state index in [9.17, 15) is 9.59 Å². The van der Waals surface area contributed by atoms with Gasteiger partial charge in [-0.1, -0.05) is 0 Å². The van der Waals surface area contributed by atoms with Gasteiger partial charge < -0.3 is 9.52 Å². The molecular weight excluding hydrogens is 314 g/mol. The third-order valence-corrected chi connectivity index (χ3v) is 3.17. The van der Waals surface area contributed by atoms with Crippen molar-refractivity contribution in [1.29, 1.82) is 0 Å². The van der Waals surface area contributed by atoms with Gasteiger partial charge in [-0.05, 0) is 24.3 Å². The number of aryl methyl sites for hydroxylation is 1. The van der Waals surface area contributed by atoms with Crippen molar-refractivity contribution < 1.29 is 19.1 Å². The number of nitrogens with zero attached hydrogens (tertiary/aromatic N) is 4. The highest BCUT2D eigenvalue weighted by molar-refractivity contribution is 5.89. The summed E-state index contributed by atoms with van der Waals surface area (Å²) in [6.45, 7) is 0.137. The summed E-state index contributed by atoms with van der Waals surface area (Å²) in [5.74, 6) is -0.732. The minimum absolute atomic E-state index is 0.0267. The summed E-state index contributed by atoms with van der Waals surface area (Å²) in [4.78, 5) is 31.1. The lowest BCUT2D eigenvalue weighted by Crippen LogP contribution is -2.18. The van der Waals surface area contributed by atoms with Crippen molar-refractivity contribution in [1.82, 2.24) is 19.7 Å². The number of carboxylic acid groups (broad SMARTS) is 1. The van der Waals surface area contributed by atoms with Crippen molar-refractivity contribution >= 4 is 17.8 Å². The van der Waals surface area contributed by atoms with Gasteiger partial charge in [0.15, 0.2) is 5.76 Å². The normalized spacial score (nSPS) is 10.5. The van der Waals surface area contributed by atoms with E-state index in [-0.39, 0.29) is 30.5 Å².